The summed E-state index contributed by atoms with van der Waals surface area (Å²) in [6, 6.07) is 0. The Morgan fingerprint density at radius 3 is 1.23 bits per heavy atom. The summed E-state index contributed by atoms with van der Waals surface area (Å²) in [5, 5.41) is 0. The van der Waals surface area contributed by atoms with Crippen LogP contribution < -0.4 is 0 Å². The van der Waals surface area contributed by atoms with Gasteiger partial charge in [-0.3, -0.25) is 0 Å². The minimum Gasteiger partial charge on any atom is -0.0993 e. The second-order valence-corrected chi connectivity index (χ2v) is 8.38. The van der Waals surface area contributed by atoms with E-state index >= 15 is 0 Å². The zero-order chi connectivity index (χ0) is 15.4. The summed E-state index contributed by atoms with van der Waals surface area (Å²) in [4.78, 5) is 0. The van der Waals surface area contributed by atoms with Gasteiger partial charge in [-0.2, -0.15) is 0 Å². The van der Waals surface area contributed by atoms with E-state index in [1.807, 2.05) is 0 Å². The van der Waals surface area contributed by atoms with E-state index in [2.05, 4.69) is 13.2 Å². The summed E-state index contributed by atoms with van der Waals surface area (Å²) < 4.78 is 0. The molecule has 0 nitrogen and oxygen atoms in total. The Hall–Kier alpha value is -0.520. The van der Waals surface area contributed by atoms with E-state index in [0.717, 1.165) is 23.7 Å². The molecule has 0 N–H and O–H groups in total. The lowest BCUT2D eigenvalue weighted by Gasteiger charge is -2.38. The second-order valence-electron chi connectivity index (χ2n) is 8.38. The van der Waals surface area contributed by atoms with Crippen molar-refractivity contribution in [3.63, 3.8) is 0 Å². The largest absolute Gasteiger partial charge is 0.0993 e. The van der Waals surface area contributed by atoms with Gasteiger partial charge in [0.1, 0.15) is 0 Å². The monoisotopic (exact) mass is 300 g/mol. The number of hydrogen-bond acceptors (Lipinski definition) is 0. The van der Waals surface area contributed by atoms with E-state index in [4.69, 9.17) is 0 Å². The first-order chi connectivity index (χ1) is 10.8. The fourth-order valence-corrected chi connectivity index (χ4v) is 5.48. The van der Waals surface area contributed by atoms with Crippen LogP contribution in [0.3, 0.4) is 0 Å². The molecule has 3 aliphatic carbocycles. The Kier molecular flexibility index (Phi) is 5.83. The fraction of sp³-hybridized carbons (Fsp3) is 0.818. The van der Waals surface area contributed by atoms with Crippen LogP contribution in [0.25, 0.3) is 0 Å². The summed E-state index contributed by atoms with van der Waals surface area (Å²) in [6.45, 7) is 9.16. The number of rotatable bonds is 4. The van der Waals surface area contributed by atoms with Crippen molar-refractivity contribution < 1.29 is 0 Å². The maximum absolute atomic E-state index is 4.58. The quantitative estimate of drug-likeness (QED) is 0.487. The molecule has 3 saturated carbocycles. The average Bonchev–Trinajstić information content (AvgIpc) is 2.62. The summed E-state index contributed by atoms with van der Waals surface area (Å²) in [6.07, 6.45) is 19.9. The average molecular weight is 301 g/mol. The van der Waals surface area contributed by atoms with Crippen molar-refractivity contribution in [2.75, 3.05) is 0 Å². The Morgan fingerprint density at radius 2 is 0.818 bits per heavy atom. The molecule has 0 aromatic carbocycles. The highest BCUT2D eigenvalue weighted by molar-refractivity contribution is 5.14. The number of hydrogen-bond donors (Lipinski definition) is 0. The fourth-order valence-electron chi connectivity index (χ4n) is 5.48. The lowest BCUT2D eigenvalue weighted by molar-refractivity contribution is 0.267. The summed E-state index contributed by atoms with van der Waals surface area (Å²) in [5.74, 6) is 3.31. The molecule has 0 radical (unpaired) electrons. The van der Waals surface area contributed by atoms with Crippen molar-refractivity contribution in [1.29, 1.82) is 0 Å². The predicted octanol–water partition coefficient (Wildman–Crippen LogP) is 7.07. The first kappa shape index (κ1) is 16.3. The Balaban J connectivity index is 1.56. The summed E-state index contributed by atoms with van der Waals surface area (Å²) in [5.41, 5.74) is 3.25. The van der Waals surface area contributed by atoms with Gasteiger partial charge >= 0.3 is 0 Å². The van der Waals surface area contributed by atoms with Crippen LogP contribution in [0.4, 0.5) is 0 Å². The molecule has 0 heterocycles. The molecule has 2 atom stereocenters. The molecule has 0 amide bonds. The van der Waals surface area contributed by atoms with Gasteiger partial charge in [0.05, 0.1) is 0 Å². The third-order valence-electron chi connectivity index (χ3n) is 6.98. The minimum atomic E-state index is 0.808. The minimum absolute atomic E-state index is 0.808. The second kappa shape index (κ2) is 7.84. The topological polar surface area (TPSA) is 0 Å². The summed E-state index contributed by atoms with van der Waals surface area (Å²) in [7, 11) is 0. The molecule has 0 aliphatic heterocycles. The van der Waals surface area contributed by atoms with Gasteiger partial charge in [0, 0.05) is 0 Å². The van der Waals surface area contributed by atoms with E-state index < -0.39 is 0 Å². The van der Waals surface area contributed by atoms with Crippen molar-refractivity contribution in [3.8, 4) is 0 Å². The standard InChI is InChI=1S/C22H36/c1-17(19-10-5-3-6-11-19)21-14-9-15-22(16-21)18(2)20-12-7-4-8-13-20/h19-22H,1-16H2. The van der Waals surface area contributed by atoms with Gasteiger partial charge in [0.15, 0.2) is 0 Å². The zero-order valence-electron chi connectivity index (χ0n) is 14.6. The molecule has 124 valence electrons. The van der Waals surface area contributed by atoms with Crippen molar-refractivity contribution in [2.45, 2.75) is 89.9 Å². The lowest BCUT2D eigenvalue weighted by Crippen LogP contribution is -2.25. The van der Waals surface area contributed by atoms with Gasteiger partial charge < -0.3 is 0 Å². The molecule has 22 heavy (non-hydrogen) atoms. The first-order valence-corrected chi connectivity index (χ1v) is 10.1. The van der Waals surface area contributed by atoms with Crippen LogP contribution in [-0.2, 0) is 0 Å². The van der Waals surface area contributed by atoms with Crippen molar-refractivity contribution in [1.82, 2.24) is 0 Å². The molecule has 0 aromatic rings. The van der Waals surface area contributed by atoms with Crippen molar-refractivity contribution in [2.24, 2.45) is 23.7 Å². The van der Waals surface area contributed by atoms with Gasteiger partial charge in [-0.15, -0.1) is 0 Å². The molecular formula is C22H36. The van der Waals surface area contributed by atoms with Crippen LogP contribution in [0.5, 0.6) is 0 Å². The smallest absolute Gasteiger partial charge is 0.0197 e. The highest BCUT2D eigenvalue weighted by atomic mass is 14.4. The van der Waals surface area contributed by atoms with E-state index in [1.165, 1.54) is 89.9 Å². The third kappa shape index (κ3) is 3.87. The van der Waals surface area contributed by atoms with Crippen LogP contribution in [0.2, 0.25) is 0 Å². The predicted molar refractivity (Wildman–Crippen MR) is 96.9 cm³/mol. The molecule has 0 spiro atoms. The van der Waals surface area contributed by atoms with E-state index in [9.17, 15) is 0 Å². The Labute approximate surface area is 138 Å². The van der Waals surface area contributed by atoms with Crippen LogP contribution in [-0.4, -0.2) is 0 Å². The zero-order valence-corrected chi connectivity index (χ0v) is 14.6. The maximum Gasteiger partial charge on any atom is -0.0197 e. The highest BCUT2D eigenvalue weighted by Crippen LogP contribution is 2.44. The van der Waals surface area contributed by atoms with E-state index in [-0.39, 0.29) is 0 Å². The molecule has 0 aromatic heterocycles. The van der Waals surface area contributed by atoms with E-state index in [0.29, 0.717) is 0 Å². The van der Waals surface area contributed by atoms with Crippen molar-refractivity contribution >= 4 is 0 Å². The molecule has 0 heteroatoms. The molecule has 0 saturated heterocycles. The van der Waals surface area contributed by atoms with Gasteiger partial charge in [-0.25, -0.2) is 0 Å². The van der Waals surface area contributed by atoms with Gasteiger partial charge in [0.25, 0.3) is 0 Å². The maximum atomic E-state index is 4.58. The van der Waals surface area contributed by atoms with Gasteiger partial charge in [-0.05, 0) is 68.6 Å². The molecule has 3 rings (SSSR count). The van der Waals surface area contributed by atoms with Crippen LogP contribution in [0.15, 0.2) is 24.3 Å². The van der Waals surface area contributed by atoms with E-state index in [1.54, 1.807) is 11.1 Å². The van der Waals surface area contributed by atoms with Gasteiger partial charge in [0.2, 0.25) is 0 Å². The third-order valence-corrected chi connectivity index (χ3v) is 6.98. The lowest BCUT2D eigenvalue weighted by atomic mass is 9.68. The van der Waals surface area contributed by atoms with Gasteiger partial charge in [-0.1, -0.05) is 69.2 Å². The Morgan fingerprint density at radius 1 is 0.455 bits per heavy atom. The normalized spacial score (nSPS) is 31.8. The highest BCUT2D eigenvalue weighted by Gasteiger charge is 2.31. The first-order valence-electron chi connectivity index (χ1n) is 10.1. The summed E-state index contributed by atoms with van der Waals surface area (Å²) >= 11 is 0. The molecule has 0 bridgehead atoms. The van der Waals surface area contributed by atoms with Crippen molar-refractivity contribution in [3.05, 3.63) is 24.3 Å². The Bertz CT molecular complexity index is 343. The molecular weight excluding hydrogens is 264 g/mol. The molecule has 2 unspecified atom stereocenters. The molecule has 3 aliphatic rings. The SMILES string of the molecule is C=C(C1CCCCC1)C1CCCC(C(=C)C2CCCCC2)C1. The van der Waals surface area contributed by atoms with Crippen LogP contribution >= 0.6 is 0 Å². The molecule has 3 fully saturated rings. The van der Waals surface area contributed by atoms with Crippen LogP contribution in [0.1, 0.15) is 89.9 Å². The number of allylic oxidation sites excluding steroid dienone is 2. The van der Waals surface area contributed by atoms with Crippen LogP contribution in [0, 0.1) is 23.7 Å².